The fourth-order valence-corrected chi connectivity index (χ4v) is 1.50. The third-order valence-electron chi connectivity index (χ3n) is 2.18. The Morgan fingerprint density at radius 2 is 1.93 bits per heavy atom. The van der Waals surface area contributed by atoms with Crippen molar-refractivity contribution in [3.05, 3.63) is 35.9 Å². The molecule has 1 aromatic carbocycles. The van der Waals surface area contributed by atoms with E-state index in [4.69, 9.17) is 4.74 Å². The van der Waals surface area contributed by atoms with Gasteiger partial charge in [0.1, 0.15) is 0 Å². The molecule has 0 aliphatic carbocycles. The van der Waals surface area contributed by atoms with E-state index in [9.17, 15) is 0 Å². The predicted molar refractivity (Wildman–Crippen MR) is 60.4 cm³/mol. The van der Waals surface area contributed by atoms with Crippen LogP contribution in [0.5, 0.6) is 0 Å². The van der Waals surface area contributed by atoms with Crippen LogP contribution in [0.2, 0.25) is 0 Å². The van der Waals surface area contributed by atoms with Crippen LogP contribution >= 0.6 is 0 Å². The maximum atomic E-state index is 5.52. The van der Waals surface area contributed by atoms with Crippen molar-refractivity contribution in [1.82, 2.24) is 0 Å². The Hall–Kier alpha value is -0.820. The van der Waals surface area contributed by atoms with Crippen molar-refractivity contribution < 1.29 is 4.74 Å². The van der Waals surface area contributed by atoms with Crippen LogP contribution in [0.25, 0.3) is 0 Å². The number of rotatable bonds is 6. The molecule has 0 N–H and O–H groups in total. The van der Waals surface area contributed by atoms with E-state index in [1.54, 1.807) is 0 Å². The summed E-state index contributed by atoms with van der Waals surface area (Å²) in [6, 6.07) is 10.6. The molecule has 1 heteroatoms. The van der Waals surface area contributed by atoms with Crippen molar-refractivity contribution >= 4 is 0 Å². The number of benzene rings is 1. The van der Waals surface area contributed by atoms with E-state index >= 15 is 0 Å². The fraction of sp³-hybridized carbons (Fsp3) is 0.538. The molecule has 0 saturated heterocycles. The highest BCUT2D eigenvalue weighted by Crippen LogP contribution is 2.08. The first-order chi connectivity index (χ1) is 6.83. The average molecular weight is 192 g/mol. The summed E-state index contributed by atoms with van der Waals surface area (Å²) in [4.78, 5) is 0. The van der Waals surface area contributed by atoms with Gasteiger partial charge in [-0.05, 0) is 24.3 Å². The lowest BCUT2D eigenvalue weighted by Gasteiger charge is -2.11. The Labute approximate surface area is 87.1 Å². The van der Waals surface area contributed by atoms with E-state index in [0.29, 0.717) is 5.92 Å². The third-order valence-corrected chi connectivity index (χ3v) is 2.18. The van der Waals surface area contributed by atoms with Crippen LogP contribution in [0.1, 0.15) is 25.8 Å². The van der Waals surface area contributed by atoms with Crippen LogP contribution in [0.4, 0.5) is 0 Å². The summed E-state index contributed by atoms with van der Waals surface area (Å²) in [5.74, 6) is 0.615. The molecule has 0 saturated carbocycles. The van der Waals surface area contributed by atoms with Crippen molar-refractivity contribution in [3.63, 3.8) is 0 Å². The van der Waals surface area contributed by atoms with Crippen LogP contribution < -0.4 is 0 Å². The molecule has 0 heterocycles. The highest BCUT2D eigenvalue weighted by molar-refractivity contribution is 5.14. The van der Waals surface area contributed by atoms with Crippen molar-refractivity contribution in [2.45, 2.75) is 26.7 Å². The number of hydrogen-bond donors (Lipinski definition) is 0. The molecular formula is C13H20O. The van der Waals surface area contributed by atoms with Crippen LogP contribution in [-0.4, -0.2) is 13.2 Å². The second kappa shape index (κ2) is 6.61. The Bertz CT molecular complexity index is 230. The van der Waals surface area contributed by atoms with Crippen molar-refractivity contribution in [3.8, 4) is 0 Å². The van der Waals surface area contributed by atoms with Gasteiger partial charge in [0.05, 0.1) is 0 Å². The van der Waals surface area contributed by atoms with Crippen LogP contribution in [-0.2, 0) is 11.2 Å². The monoisotopic (exact) mass is 192 g/mol. The second-order valence-corrected chi connectivity index (χ2v) is 3.87. The first-order valence-electron chi connectivity index (χ1n) is 5.44. The zero-order chi connectivity index (χ0) is 10.2. The molecule has 0 amide bonds. The van der Waals surface area contributed by atoms with Gasteiger partial charge in [0.2, 0.25) is 0 Å². The Morgan fingerprint density at radius 3 is 2.57 bits per heavy atom. The Morgan fingerprint density at radius 1 is 1.21 bits per heavy atom. The summed E-state index contributed by atoms with van der Waals surface area (Å²) >= 11 is 0. The minimum absolute atomic E-state index is 0.615. The minimum atomic E-state index is 0.615. The van der Waals surface area contributed by atoms with Gasteiger partial charge in [0, 0.05) is 13.2 Å². The highest BCUT2D eigenvalue weighted by Gasteiger charge is 2.02. The van der Waals surface area contributed by atoms with Crippen molar-refractivity contribution in [2.75, 3.05) is 13.2 Å². The average Bonchev–Trinajstić information content (AvgIpc) is 2.20. The normalized spacial score (nSPS) is 12.7. The van der Waals surface area contributed by atoms with Crippen molar-refractivity contribution in [1.29, 1.82) is 0 Å². The number of ether oxygens (including phenoxy) is 1. The van der Waals surface area contributed by atoms with Gasteiger partial charge in [0.25, 0.3) is 0 Å². The molecule has 0 aromatic heterocycles. The van der Waals surface area contributed by atoms with E-state index in [2.05, 4.69) is 44.2 Å². The molecule has 0 spiro atoms. The third kappa shape index (κ3) is 4.43. The van der Waals surface area contributed by atoms with E-state index in [0.717, 1.165) is 26.1 Å². The van der Waals surface area contributed by atoms with E-state index in [-0.39, 0.29) is 0 Å². The van der Waals surface area contributed by atoms with E-state index < -0.39 is 0 Å². The lowest BCUT2D eigenvalue weighted by atomic mass is 10.0. The van der Waals surface area contributed by atoms with Gasteiger partial charge in [-0.3, -0.25) is 0 Å². The summed E-state index contributed by atoms with van der Waals surface area (Å²) in [7, 11) is 0. The summed E-state index contributed by atoms with van der Waals surface area (Å²) < 4.78 is 5.52. The quantitative estimate of drug-likeness (QED) is 0.628. The maximum absolute atomic E-state index is 5.52. The smallest absolute Gasteiger partial charge is 0.0494 e. The molecule has 1 rings (SSSR count). The largest absolute Gasteiger partial charge is 0.381 e. The standard InChI is InChI=1S/C13H20O/c1-3-9-14-11-12(2)10-13-7-5-4-6-8-13/h4-8,12H,3,9-11H2,1-2H3. The molecule has 0 aliphatic rings. The van der Waals surface area contributed by atoms with Gasteiger partial charge in [-0.1, -0.05) is 44.2 Å². The van der Waals surface area contributed by atoms with Gasteiger partial charge in [-0.15, -0.1) is 0 Å². The zero-order valence-electron chi connectivity index (χ0n) is 9.20. The van der Waals surface area contributed by atoms with Gasteiger partial charge >= 0.3 is 0 Å². The maximum Gasteiger partial charge on any atom is 0.0494 e. The lowest BCUT2D eigenvalue weighted by Crippen LogP contribution is -2.09. The second-order valence-electron chi connectivity index (χ2n) is 3.87. The highest BCUT2D eigenvalue weighted by atomic mass is 16.5. The summed E-state index contributed by atoms with van der Waals surface area (Å²) in [6.07, 6.45) is 2.22. The summed E-state index contributed by atoms with van der Waals surface area (Å²) in [5.41, 5.74) is 1.40. The molecule has 1 nitrogen and oxygen atoms in total. The predicted octanol–water partition coefficient (Wildman–Crippen LogP) is 3.29. The summed E-state index contributed by atoms with van der Waals surface area (Å²) in [6.45, 7) is 6.15. The molecule has 78 valence electrons. The molecule has 0 fully saturated rings. The van der Waals surface area contributed by atoms with Gasteiger partial charge in [-0.2, -0.15) is 0 Å². The zero-order valence-corrected chi connectivity index (χ0v) is 9.20. The molecule has 1 aromatic rings. The molecule has 0 bridgehead atoms. The Balaban J connectivity index is 2.23. The van der Waals surface area contributed by atoms with Crippen LogP contribution in [0.3, 0.4) is 0 Å². The van der Waals surface area contributed by atoms with Crippen LogP contribution in [0, 0.1) is 5.92 Å². The SMILES string of the molecule is CCCOCC(C)Cc1ccccc1. The first kappa shape index (κ1) is 11.3. The minimum Gasteiger partial charge on any atom is -0.381 e. The van der Waals surface area contributed by atoms with Gasteiger partial charge in [0.15, 0.2) is 0 Å². The van der Waals surface area contributed by atoms with E-state index in [1.807, 2.05) is 0 Å². The molecule has 1 atom stereocenters. The van der Waals surface area contributed by atoms with Gasteiger partial charge < -0.3 is 4.74 Å². The van der Waals surface area contributed by atoms with Crippen LogP contribution in [0.15, 0.2) is 30.3 Å². The van der Waals surface area contributed by atoms with Gasteiger partial charge in [-0.25, -0.2) is 0 Å². The molecule has 14 heavy (non-hydrogen) atoms. The first-order valence-corrected chi connectivity index (χ1v) is 5.44. The number of hydrogen-bond acceptors (Lipinski definition) is 1. The molecule has 1 unspecified atom stereocenters. The van der Waals surface area contributed by atoms with E-state index in [1.165, 1.54) is 5.56 Å². The topological polar surface area (TPSA) is 9.23 Å². The molecule has 0 radical (unpaired) electrons. The summed E-state index contributed by atoms with van der Waals surface area (Å²) in [5, 5.41) is 0. The van der Waals surface area contributed by atoms with Crippen molar-refractivity contribution in [2.24, 2.45) is 5.92 Å². The lowest BCUT2D eigenvalue weighted by molar-refractivity contribution is 0.105. The molecular weight excluding hydrogens is 172 g/mol. The Kier molecular flexibility index (Phi) is 5.31. The molecule has 0 aliphatic heterocycles. The fourth-order valence-electron chi connectivity index (χ4n) is 1.50.